The van der Waals surface area contributed by atoms with E-state index in [2.05, 4.69) is 30.6 Å². The van der Waals surface area contributed by atoms with Gasteiger partial charge in [0.15, 0.2) is 11.3 Å². The summed E-state index contributed by atoms with van der Waals surface area (Å²) < 4.78 is 19.4. The number of halogens is 1. The zero-order valence-corrected chi connectivity index (χ0v) is 21.2. The van der Waals surface area contributed by atoms with Crippen molar-refractivity contribution >= 4 is 39.4 Å². The molecule has 1 saturated heterocycles. The molecule has 190 valence electrons. The molecule has 0 bridgehead atoms. The first kappa shape index (κ1) is 24.5. The number of fused-ring (bicyclic) bond motifs is 1. The SMILES string of the molecule is COc1cccc(C(=O)NC2CN(C(=O)c3nc(NC(C)c4cncc(F)c4)nc4nc(C)sc34)C2)c1. The van der Waals surface area contributed by atoms with Crippen molar-refractivity contribution in [2.75, 3.05) is 25.5 Å². The third-order valence-electron chi connectivity index (χ3n) is 5.97. The van der Waals surface area contributed by atoms with Crippen LogP contribution >= 0.6 is 11.3 Å². The van der Waals surface area contributed by atoms with Gasteiger partial charge in [0.05, 0.1) is 30.4 Å². The smallest absolute Gasteiger partial charge is 0.274 e. The lowest BCUT2D eigenvalue weighted by Gasteiger charge is -2.39. The number of nitrogens with one attached hydrogen (secondary N) is 2. The molecule has 1 aliphatic heterocycles. The quantitative estimate of drug-likeness (QED) is 0.380. The van der Waals surface area contributed by atoms with E-state index in [0.29, 0.717) is 40.3 Å². The van der Waals surface area contributed by atoms with E-state index >= 15 is 0 Å². The number of aromatic nitrogens is 4. The number of amides is 2. The van der Waals surface area contributed by atoms with E-state index in [1.807, 2.05) is 13.8 Å². The molecule has 1 fully saturated rings. The number of thiazole rings is 1. The van der Waals surface area contributed by atoms with E-state index in [1.54, 1.807) is 42.5 Å². The van der Waals surface area contributed by atoms with Crippen LogP contribution in [0.15, 0.2) is 42.7 Å². The lowest BCUT2D eigenvalue weighted by Crippen LogP contribution is -2.61. The number of aryl methyl sites for hydroxylation is 1. The molecule has 1 aromatic carbocycles. The van der Waals surface area contributed by atoms with Gasteiger partial charge in [-0.3, -0.25) is 14.6 Å². The molecule has 0 radical (unpaired) electrons. The summed E-state index contributed by atoms with van der Waals surface area (Å²) in [5.41, 5.74) is 1.75. The van der Waals surface area contributed by atoms with Crippen LogP contribution in [0.2, 0.25) is 0 Å². The fourth-order valence-electron chi connectivity index (χ4n) is 4.00. The molecule has 10 nitrogen and oxygen atoms in total. The Bertz CT molecular complexity index is 1490. The van der Waals surface area contributed by atoms with Crippen LogP contribution in [-0.2, 0) is 0 Å². The summed E-state index contributed by atoms with van der Waals surface area (Å²) in [5, 5.41) is 6.81. The Balaban J connectivity index is 1.30. The molecule has 4 heterocycles. The molecule has 2 N–H and O–H groups in total. The molecule has 0 spiro atoms. The Hall–Kier alpha value is -4.19. The summed E-state index contributed by atoms with van der Waals surface area (Å²) in [6, 6.07) is 7.73. The number of pyridine rings is 1. The number of ether oxygens (including phenoxy) is 1. The zero-order chi connectivity index (χ0) is 26.1. The molecular weight excluding hydrogens is 497 g/mol. The van der Waals surface area contributed by atoms with Crippen LogP contribution in [-0.4, -0.2) is 62.9 Å². The van der Waals surface area contributed by atoms with Crippen molar-refractivity contribution in [2.24, 2.45) is 0 Å². The Labute approximate surface area is 215 Å². The predicted octanol–water partition coefficient (Wildman–Crippen LogP) is 3.36. The molecule has 1 unspecified atom stereocenters. The standard InChI is InChI=1S/C25H24FN7O3S/c1-13(16-7-17(26)10-27-9-16)28-25-31-20(21-22(32-25)29-14(2)37-21)24(35)33-11-18(12-33)30-23(34)15-5-4-6-19(8-15)36-3/h4-10,13,18H,11-12H2,1-3H3,(H,30,34)(H,28,31,32). The second-order valence-electron chi connectivity index (χ2n) is 8.70. The van der Waals surface area contributed by atoms with E-state index in [1.165, 1.54) is 17.4 Å². The lowest BCUT2D eigenvalue weighted by molar-refractivity contribution is 0.0539. The highest BCUT2D eigenvalue weighted by atomic mass is 32.1. The highest BCUT2D eigenvalue weighted by Gasteiger charge is 2.34. The minimum Gasteiger partial charge on any atom is -0.497 e. The summed E-state index contributed by atoms with van der Waals surface area (Å²) in [6.07, 6.45) is 2.69. The van der Waals surface area contributed by atoms with Gasteiger partial charge in [0, 0.05) is 24.8 Å². The first-order chi connectivity index (χ1) is 17.8. The second-order valence-corrected chi connectivity index (χ2v) is 9.90. The van der Waals surface area contributed by atoms with Gasteiger partial charge in [-0.05, 0) is 43.7 Å². The van der Waals surface area contributed by atoms with Gasteiger partial charge in [0.1, 0.15) is 16.3 Å². The lowest BCUT2D eigenvalue weighted by atomic mass is 10.1. The minimum absolute atomic E-state index is 0.179. The molecule has 1 aliphatic rings. The largest absolute Gasteiger partial charge is 0.497 e. The third kappa shape index (κ3) is 5.19. The summed E-state index contributed by atoms with van der Waals surface area (Å²) in [4.78, 5) is 44.9. The van der Waals surface area contributed by atoms with Crippen molar-refractivity contribution in [3.8, 4) is 5.75 Å². The van der Waals surface area contributed by atoms with Crippen LogP contribution in [0.5, 0.6) is 5.75 Å². The number of methoxy groups -OCH3 is 1. The molecule has 2 amide bonds. The fourth-order valence-corrected chi connectivity index (χ4v) is 4.84. The highest BCUT2D eigenvalue weighted by molar-refractivity contribution is 7.18. The highest BCUT2D eigenvalue weighted by Crippen LogP contribution is 2.28. The van der Waals surface area contributed by atoms with Crippen LogP contribution in [0.1, 0.15) is 44.4 Å². The molecule has 37 heavy (non-hydrogen) atoms. The Morgan fingerprint density at radius 3 is 2.76 bits per heavy atom. The van der Waals surface area contributed by atoms with E-state index in [-0.39, 0.29) is 35.5 Å². The maximum atomic E-state index is 13.6. The molecular formula is C25H24FN7O3S. The van der Waals surface area contributed by atoms with Gasteiger partial charge >= 0.3 is 0 Å². The molecule has 4 aromatic rings. The van der Waals surface area contributed by atoms with E-state index in [0.717, 1.165) is 11.2 Å². The van der Waals surface area contributed by atoms with Gasteiger partial charge in [0.25, 0.3) is 11.8 Å². The van der Waals surface area contributed by atoms with Gasteiger partial charge in [-0.1, -0.05) is 6.07 Å². The van der Waals surface area contributed by atoms with Crippen LogP contribution < -0.4 is 15.4 Å². The number of carbonyl (C=O) groups is 2. The van der Waals surface area contributed by atoms with Crippen LogP contribution in [0.4, 0.5) is 10.3 Å². The van der Waals surface area contributed by atoms with Gasteiger partial charge < -0.3 is 20.3 Å². The van der Waals surface area contributed by atoms with E-state index in [9.17, 15) is 14.0 Å². The number of likely N-dealkylation sites (tertiary alicyclic amines) is 1. The molecule has 5 rings (SSSR count). The Morgan fingerprint density at radius 2 is 2.00 bits per heavy atom. The van der Waals surface area contributed by atoms with Crippen molar-refractivity contribution in [2.45, 2.75) is 25.9 Å². The normalized spacial score (nSPS) is 14.2. The summed E-state index contributed by atoms with van der Waals surface area (Å²) in [5.74, 6) is -0.143. The zero-order valence-electron chi connectivity index (χ0n) is 20.4. The summed E-state index contributed by atoms with van der Waals surface area (Å²) in [7, 11) is 1.54. The van der Waals surface area contributed by atoms with Crippen LogP contribution in [0.25, 0.3) is 10.3 Å². The molecule has 3 aromatic heterocycles. The molecule has 1 atom stereocenters. The van der Waals surface area contributed by atoms with Gasteiger partial charge in [0.2, 0.25) is 5.95 Å². The van der Waals surface area contributed by atoms with Crippen molar-refractivity contribution < 1.29 is 18.7 Å². The van der Waals surface area contributed by atoms with Crippen molar-refractivity contribution in [3.05, 3.63) is 70.4 Å². The first-order valence-corrected chi connectivity index (χ1v) is 12.4. The van der Waals surface area contributed by atoms with Gasteiger partial charge in [-0.25, -0.2) is 14.4 Å². The maximum Gasteiger partial charge on any atom is 0.274 e. The molecule has 0 aliphatic carbocycles. The number of anilines is 1. The summed E-state index contributed by atoms with van der Waals surface area (Å²) >= 11 is 1.34. The average molecular weight is 522 g/mol. The monoisotopic (exact) mass is 521 g/mol. The predicted molar refractivity (Wildman–Crippen MR) is 136 cm³/mol. The first-order valence-electron chi connectivity index (χ1n) is 11.6. The fraction of sp³-hybridized carbons (Fsp3) is 0.280. The van der Waals surface area contributed by atoms with E-state index in [4.69, 9.17) is 4.74 Å². The Morgan fingerprint density at radius 1 is 1.19 bits per heavy atom. The van der Waals surface area contributed by atoms with Gasteiger partial charge in [-0.15, -0.1) is 11.3 Å². The minimum atomic E-state index is -0.445. The topological polar surface area (TPSA) is 122 Å². The van der Waals surface area contributed by atoms with Crippen molar-refractivity contribution in [1.82, 2.24) is 30.2 Å². The van der Waals surface area contributed by atoms with Crippen molar-refractivity contribution in [3.63, 3.8) is 0 Å². The van der Waals surface area contributed by atoms with Crippen LogP contribution in [0.3, 0.4) is 0 Å². The Kier molecular flexibility index (Phi) is 6.66. The number of hydrogen-bond acceptors (Lipinski definition) is 9. The third-order valence-corrected chi connectivity index (χ3v) is 6.94. The molecule has 0 saturated carbocycles. The number of nitrogens with zero attached hydrogens (tertiary/aromatic N) is 5. The van der Waals surface area contributed by atoms with Gasteiger partial charge in [-0.2, -0.15) is 4.98 Å². The average Bonchev–Trinajstić information content (AvgIpc) is 3.24. The second kappa shape index (κ2) is 10.1. The van der Waals surface area contributed by atoms with E-state index < -0.39 is 5.82 Å². The maximum absolute atomic E-state index is 13.6. The number of hydrogen-bond donors (Lipinski definition) is 2. The van der Waals surface area contributed by atoms with Crippen molar-refractivity contribution in [1.29, 1.82) is 0 Å². The number of benzene rings is 1. The molecule has 12 heteroatoms. The number of carbonyl (C=O) groups excluding carboxylic acids is 2. The summed E-state index contributed by atoms with van der Waals surface area (Å²) in [6.45, 7) is 4.36. The number of rotatable bonds is 7. The van der Waals surface area contributed by atoms with Crippen LogP contribution in [0, 0.1) is 12.7 Å².